The summed E-state index contributed by atoms with van der Waals surface area (Å²) in [6.07, 6.45) is 1.88. The lowest BCUT2D eigenvalue weighted by molar-refractivity contribution is -0.0545. The molecule has 0 radical (unpaired) electrons. The molecule has 1 heterocycles. The molecule has 0 saturated heterocycles. The van der Waals surface area contributed by atoms with Crippen LogP contribution >= 0.6 is 0 Å². The van der Waals surface area contributed by atoms with Gasteiger partial charge in [-0.15, -0.1) is 0 Å². The maximum atomic E-state index is 15.3. The number of anilines is 2. The van der Waals surface area contributed by atoms with Crippen molar-refractivity contribution in [1.82, 2.24) is 9.97 Å². The zero-order valence-corrected chi connectivity index (χ0v) is 22.3. The van der Waals surface area contributed by atoms with E-state index >= 15 is 4.39 Å². The van der Waals surface area contributed by atoms with Crippen LogP contribution in [-0.4, -0.2) is 9.97 Å². The van der Waals surface area contributed by atoms with Crippen molar-refractivity contribution in [3.05, 3.63) is 70.8 Å². The molecule has 3 rings (SSSR count). The molecule has 0 bridgehead atoms. The Kier molecular flexibility index (Phi) is 7.72. The minimum Gasteiger partial charge on any atom is -0.398 e. The van der Waals surface area contributed by atoms with Gasteiger partial charge in [0.1, 0.15) is 17.5 Å². The molecule has 36 heavy (non-hydrogen) atoms. The summed E-state index contributed by atoms with van der Waals surface area (Å²) in [6.45, 7) is 16.8. The number of nitrogens with zero attached hydrogens (tertiary/aromatic N) is 2. The Balaban J connectivity index is 2.06. The number of halogens is 3. The summed E-state index contributed by atoms with van der Waals surface area (Å²) in [5.74, 6) is -4.23. The Morgan fingerprint density at radius 1 is 1.11 bits per heavy atom. The Bertz CT molecular complexity index is 1280. The van der Waals surface area contributed by atoms with Crippen molar-refractivity contribution in [3.8, 4) is 0 Å². The van der Waals surface area contributed by atoms with Crippen molar-refractivity contribution in [1.29, 1.82) is 0 Å². The first-order chi connectivity index (χ1) is 16.7. The number of hydrogen-bond acceptors (Lipinski definition) is 4. The third-order valence-electron chi connectivity index (χ3n) is 7.02. The van der Waals surface area contributed by atoms with E-state index in [0.29, 0.717) is 28.2 Å². The first-order valence-electron chi connectivity index (χ1n) is 12.4. The van der Waals surface area contributed by atoms with Crippen LogP contribution in [0.5, 0.6) is 0 Å². The van der Waals surface area contributed by atoms with E-state index in [2.05, 4.69) is 42.6 Å². The summed E-state index contributed by atoms with van der Waals surface area (Å²) < 4.78 is 44.6. The van der Waals surface area contributed by atoms with E-state index in [9.17, 15) is 8.78 Å². The van der Waals surface area contributed by atoms with E-state index in [-0.39, 0.29) is 11.0 Å². The fraction of sp³-hybridized carbons (Fsp3) is 0.448. The molecule has 0 aliphatic rings. The van der Waals surface area contributed by atoms with Gasteiger partial charge in [-0.05, 0) is 38.0 Å². The molecule has 0 amide bonds. The van der Waals surface area contributed by atoms with Crippen LogP contribution in [0.3, 0.4) is 0 Å². The van der Waals surface area contributed by atoms with E-state index in [1.165, 1.54) is 26.0 Å². The molecule has 3 aromatic rings. The highest BCUT2D eigenvalue weighted by molar-refractivity contribution is 5.93. The van der Waals surface area contributed by atoms with Crippen LogP contribution in [-0.2, 0) is 11.3 Å². The van der Waals surface area contributed by atoms with Gasteiger partial charge < -0.3 is 11.1 Å². The molecule has 194 valence electrons. The number of nitrogen functional groups attached to an aromatic ring is 1. The van der Waals surface area contributed by atoms with Gasteiger partial charge >= 0.3 is 0 Å². The SMILES string of the molecule is C=C(CCC)C(C)(C)c1cc2nc(C)nc(N[C@H](C)c3cccc(C(F)(F)C(C)C)c3F)c2cc1N. The number of aromatic nitrogens is 2. The average molecular weight is 499 g/mol. The summed E-state index contributed by atoms with van der Waals surface area (Å²) in [5.41, 5.74) is 8.99. The summed E-state index contributed by atoms with van der Waals surface area (Å²) in [5, 5.41) is 3.89. The van der Waals surface area contributed by atoms with Crippen molar-refractivity contribution in [2.45, 2.75) is 78.7 Å². The zero-order chi connectivity index (χ0) is 27.0. The third kappa shape index (κ3) is 5.06. The van der Waals surface area contributed by atoms with Crippen LogP contribution in [0.25, 0.3) is 10.9 Å². The molecular formula is C29H37F3N4. The van der Waals surface area contributed by atoms with Crippen LogP contribution in [0.15, 0.2) is 42.5 Å². The van der Waals surface area contributed by atoms with E-state index < -0.39 is 29.3 Å². The van der Waals surface area contributed by atoms with E-state index in [4.69, 9.17) is 5.73 Å². The van der Waals surface area contributed by atoms with Crippen molar-refractivity contribution in [3.63, 3.8) is 0 Å². The highest BCUT2D eigenvalue weighted by Crippen LogP contribution is 2.41. The van der Waals surface area contributed by atoms with Gasteiger partial charge in [0.25, 0.3) is 5.92 Å². The number of rotatable bonds is 9. The van der Waals surface area contributed by atoms with Gasteiger partial charge in [0, 0.05) is 28.0 Å². The molecule has 4 nitrogen and oxygen atoms in total. The van der Waals surface area contributed by atoms with Gasteiger partial charge in [-0.1, -0.05) is 71.4 Å². The number of hydrogen-bond donors (Lipinski definition) is 2. The number of nitrogens with two attached hydrogens (primary N) is 1. The largest absolute Gasteiger partial charge is 0.398 e. The fourth-order valence-corrected chi connectivity index (χ4v) is 4.50. The van der Waals surface area contributed by atoms with E-state index in [0.717, 1.165) is 30.0 Å². The standard InChI is InChI=1S/C29H37F3N4/c1-9-11-17(4)28(7,8)23-15-25-21(14-24(23)33)27(36-19(6)35-25)34-18(5)20-12-10-13-22(26(20)30)29(31,32)16(2)3/h10,12-16,18H,4,9,11,33H2,1-3,5-8H3,(H,34,35,36)/t18-/m1/s1. The monoisotopic (exact) mass is 498 g/mol. The molecule has 0 aliphatic carbocycles. The smallest absolute Gasteiger partial charge is 0.278 e. The Hall–Kier alpha value is -3.09. The normalized spacial score (nSPS) is 13.3. The number of alkyl halides is 2. The van der Waals surface area contributed by atoms with E-state index in [1.54, 1.807) is 13.8 Å². The van der Waals surface area contributed by atoms with Gasteiger partial charge in [-0.3, -0.25) is 0 Å². The van der Waals surface area contributed by atoms with Crippen molar-refractivity contribution >= 4 is 22.4 Å². The van der Waals surface area contributed by atoms with Gasteiger partial charge in [0.05, 0.1) is 17.1 Å². The first-order valence-corrected chi connectivity index (χ1v) is 12.4. The van der Waals surface area contributed by atoms with Crippen molar-refractivity contribution in [2.24, 2.45) is 5.92 Å². The maximum Gasteiger partial charge on any atom is 0.278 e. The Morgan fingerprint density at radius 2 is 1.78 bits per heavy atom. The lowest BCUT2D eigenvalue weighted by atomic mass is 9.75. The minimum absolute atomic E-state index is 0.138. The number of fused-ring (bicyclic) bond motifs is 1. The number of nitrogens with one attached hydrogen (secondary N) is 1. The van der Waals surface area contributed by atoms with Crippen LogP contribution in [0.2, 0.25) is 0 Å². The highest BCUT2D eigenvalue weighted by Gasteiger charge is 2.39. The minimum atomic E-state index is -3.28. The summed E-state index contributed by atoms with van der Waals surface area (Å²) in [7, 11) is 0. The third-order valence-corrected chi connectivity index (χ3v) is 7.02. The second-order valence-corrected chi connectivity index (χ2v) is 10.4. The Labute approximate surface area is 212 Å². The topological polar surface area (TPSA) is 63.8 Å². The number of benzene rings is 2. The van der Waals surface area contributed by atoms with E-state index in [1.807, 2.05) is 12.1 Å². The summed E-state index contributed by atoms with van der Waals surface area (Å²) in [4.78, 5) is 9.14. The van der Waals surface area contributed by atoms with Gasteiger partial charge in [0.15, 0.2) is 0 Å². The van der Waals surface area contributed by atoms with Crippen molar-refractivity contribution in [2.75, 3.05) is 11.1 Å². The molecule has 0 unspecified atom stereocenters. The quantitative estimate of drug-likeness (QED) is 0.230. The molecule has 0 fully saturated rings. The predicted octanol–water partition coefficient (Wildman–Crippen LogP) is 8.21. The molecule has 2 aromatic carbocycles. The van der Waals surface area contributed by atoms with Gasteiger partial charge in [-0.25, -0.2) is 23.1 Å². The van der Waals surface area contributed by atoms with Crippen LogP contribution in [0, 0.1) is 18.7 Å². The van der Waals surface area contributed by atoms with Crippen molar-refractivity contribution < 1.29 is 13.2 Å². The van der Waals surface area contributed by atoms with Crippen LogP contribution < -0.4 is 11.1 Å². The van der Waals surface area contributed by atoms with Gasteiger partial charge in [-0.2, -0.15) is 0 Å². The molecule has 0 spiro atoms. The second-order valence-electron chi connectivity index (χ2n) is 10.4. The highest BCUT2D eigenvalue weighted by atomic mass is 19.3. The molecule has 3 N–H and O–H groups in total. The molecule has 7 heteroatoms. The molecule has 0 aliphatic heterocycles. The summed E-state index contributed by atoms with van der Waals surface area (Å²) in [6, 6.07) is 7.26. The number of aryl methyl sites for hydroxylation is 1. The maximum absolute atomic E-state index is 15.3. The molecule has 1 atom stereocenters. The molecular weight excluding hydrogens is 461 g/mol. The van der Waals surface area contributed by atoms with Gasteiger partial charge in [0.2, 0.25) is 0 Å². The second kappa shape index (κ2) is 10.1. The zero-order valence-electron chi connectivity index (χ0n) is 22.3. The average Bonchev–Trinajstić information content (AvgIpc) is 2.79. The molecule has 0 saturated carbocycles. The first kappa shape index (κ1) is 27.5. The summed E-state index contributed by atoms with van der Waals surface area (Å²) >= 11 is 0. The lowest BCUT2D eigenvalue weighted by Gasteiger charge is -2.30. The fourth-order valence-electron chi connectivity index (χ4n) is 4.50. The van der Waals surface area contributed by atoms with Crippen LogP contribution in [0.4, 0.5) is 24.7 Å². The number of allylic oxidation sites excluding steroid dienone is 1. The Morgan fingerprint density at radius 3 is 2.39 bits per heavy atom. The van der Waals surface area contributed by atoms with Crippen LogP contribution in [0.1, 0.15) is 82.9 Å². The molecule has 1 aromatic heterocycles. The lowest BCUT2D eigenvalue weighted by Crippen LogP contribution is -2.24. The predicted molar refractivity (Wildman–Crippen MR) is 143 cm³/mol.